The molecule has 7 nitrogen and oxygen atoms in total. The van der Waals surface area contributed by atoms with Crippen LogP contribution in [0.15, 0.2) is 15.7 Å². The van der Waals surface area contributed by atoms with Crippen LogP contribution in [0.25, 0.3) is 0 Å². The molecule has 0 aromatic carbocycles. The molecule has 0 unspecified atom stereocenters. The molecule has 0 amide bonds. The number of nitrogens with one attached hydrogen (secondary N) is 2. The summed E-state index contributed by atoms with van der Waals surface area (Å²) < 4.78 is 5.23. The predicted octanol–water partition coefficient (Wildman–Crippen LogP) is 2.92. The van der Waals surface area contributed by atoms with E-state index in [0.717, 1.165) is 49.1 Å². The van der Waals surface area contributed by atoms with E-state index in [4.69, 9.17) is 4.52 Å². The zero-order valence-corrected chi connectivity index (χ0v) is 18.4. The van der Waals surface area contributed by atoms with Gasteiger partial charge in [-0.2, -0.15) is 4.98 Å². The lowest BCUT2D eigenvalue weighted by Crippen LogP contribution is -2.38. The molecule has 2 aromatic rings. The maximum absolute atomic E-state index is 5.23. The first-order chi connectivity index (χ1) is 11.6. The third-order valence-corrected chi connectivity index (χ3v) is 4.36. The van der Waals surface area contributed by atoms with Crippen LogP contribution in [-0.4, -0.2) is 41.2 Å². The normalized spacial score (nSPS) is 11.5. The van der Waals surface area contributed by atoms with E-state index in [1.165, 1.54) is 4.88 Å². The molecule has 0 atom stereocenters. The highest BCUT2D eigenvalue weighted by Gasteiger charge is 2.09. The Morgan fingerprint density at radius 1 is 1.28 bits per heavy atom. The van der Waals surface area contributed by atoms with Crippen LogP contribution in [-0.2, 0) is 12.8 Å². The molecule has 2 rings (SSSR count). The van der Waals surface area contributed by atoms with Crippen molar-refractivity contribution in [2.75, 3.05) is 20.1 Å². The first kappa shape index (κ1) is 21.8. The zero-order chi connectivity index (χ0) is 17.4. The Hall–Kier alpha value is -1.23. The van der Waals surface area contributed by atoms with E-state index in [0.29, 0.717) is 11.8 Å². The number of hydrogen-bond acceptors (Lipinski definition) is 6. The molecular weight excluding hydrogens is 451 g/mol. The molecule has 0 aliphatic heterocycles. The number of rotatable bonds is 8. The Labute approximate surface area is 170 Å². The molecule has 0 aliphatic carbocycles. The van der Waals surface area contributed by atoms with Crippen molar-refractivity contribution in [1.29, 1.82) is 0 Å². The Balaban J connectivity index is 0.00000312. The van der Waals surface area contributed by atoms with Crippen LogP contribution in [0, 0.1) is 6.92 Å². The fourth-order valence-corrected chi connectivity index (χ4v) is 2.86. The van der Waals surface area contributed by atoms with Gasteiger partial charge in [0.05, 0.1) is 5.01 Å². The summed E-state index contributed by atoms with van der Waals surface area (Å²) in [6.45, 7) is 7.80. The van der Waals surface area contributed by atoms with Crippen molar-refractivity contribution in [2.45, 2.75) is 46.0 Å². The fraction of sp³-hybridized carbons (Fsp3) is 0.625. The van der Waals surface area contributed by atoms with Crippen molar-refractivity contribution in [2.24, 2.45) is 4.99 Å². The van der Waals surface area contributed by atoms with Crippen LogP contribution in [0.2, 0.25) is 0 Å². The monoisotopic (exact) mass is 478 g/mol. The summed E-state index contributed by atoms with van der Waals surface area (Å²) >= 11 is 1.74. The predicted molar refractivity (Wildman–Crippen MR) is 112 cm³/mol. The Morgan fingerprint density at radius 2 is 2.04 bits per heavy atom. The van der Waals surface area contributed by atoms with Crippen LogP contribution in [0.3, 0.4) is 0 Å². The summed E-state index contributed by atoms with van der Waals surface area (Å²) in [5.41, 5.74) is 0. The van der Waals surface area contributed by atoms with Crippen molar-refractivity contribution in [1.82, 2.24) is 25.8 Å². The SMILES string of the molecule is CN=C(NCCCc1nc(C(C)C)no1)NCCc1ncc(C)s1.I. The second kappa shape index (κ2) is 11.4. The standard InChI is InChI=1S/C16H26N6OS.HI/c1-11(2)15-21-13(23-22-15)6-5-8-18-16(17-4)19-9-7-14-20-10-12(3)24-14;/h10-11H,5-9H2,1-4H3,(H2,17,18,19);1H. The number of guanidine groups is 1. The second-order valence-corrected chi connectivity index (χ2v) is 7.16. The fourth-order valence-electron chi connectivity index (χ4n) is 2.08. The van der Waals surface area contributed by atoms with Crippen LogP contribution in [0.1, 0.15) is 47.8 Å². The molecule has 2 heterocycles. The lowest BCUT2D eigenvalue weighted by atomic mass is 10.2. The highest BCUT2D eigenvalue weighted by Crippen LogP contribution is 2.11. The van der Waals surface area contributed by atoms with Gasteiger partial charge in [0.1, 0.15) is 0 Å². The molecule has 0 aliphatic rings. The smallest absolute Gasteiger partial charge is 0.226 e. The first-order valence-electron chi connectivity index (χ1n) is 8.26. The number of halogens is 1. The zero-order valence-electron chi connectivity index (χ0n) is 15.2. The minimum Gasteiger partial charge on any atom is -0.356 e. The van der Waals surface area contributed by atoms with Gasteiger partial charge in [0.25, 0.3) is 0 Å². The highest BCUT2D eigenvalue weighted by atomic mass is 127. The topological polar surface area (TPSA) is 88.2 Å². The van der Waals surface area contributed by atoms with E-state index in [9.17, 15) is 0 Å². The largest absolute Gasteiger partial charge is 0.356 e. The molecule has 140 valence electrons. The maximum atomic E-state index is 5.23. The van der Waals surface area contributed by atoms with E-state index >= 15 is 0 Å². The van der Waals surface area contributed by atoms with Crippen molar-refractivity contribution in [3.63, 3.8) is 0 Å². The molecule has 2 N–H and O–H groups in total. The van der Waals surface area contributed by atoms with Gasteiger partial charge in [0, 0.05) is 50.0 Å². The van der Waals surface area contributed by atoms with Gasteiger partial charge in [-0.25, -0.2) is 4.98 Å². The van der Waals surface area contributed by atoms with Gasteiger partial charge < -0.3 is 15.2 Å². The number of aryl methyl sites for hydroxylation is 2. The van der Waals surface area contributed by atoms with E-state index in [1.54, 1.807) is 18.4 Å². The minimum absolute atomic E-state index is 0. The lowest BCUT2D eigenvalue weighted by molar-refractivity contribution is 0.368. The second-order valence-electron chi connectivity index (χ2n) is 5.84. The van der Waals surface area contributed by atoms with Gasteiger partial charge in [0.2, 0.25) is 5.89 Å². The summed E-state index contributed by atoms with van der Waals surface area (Å²) in [5, 5.41) is 11.7. The van der Waals surface area contributed by atoms with Crippen LogP contribution in [0.5, 0.6) is 0 Å². The van der Waals surface area contributed by atoms with Gasteiger partial charge in [-0.05, 0) is 13.3 Å². The van der Waals surface area contributed by atoms with E-state index in [-0.39, 0.29) is 24.0 Å². The number of aromatic nitrogens is 3. The highest BCUT2D eigenvalue weighted by molar-refractivity contribution is 14.0. The molecule has 0 saturated carbocycles. The summed E-state index contributed by atoms with van der Waals surface area (Å²) in [7, 11) is 1.77. The summed E-state index contributed by atoms with van der Waals surface area (Å²) in [4.78, 5) is 14.2. The van der Waals surface area contributed by atoms with Gasteiger partial charge in [0.15, 0.2) is 11.8 Å². The van der Waals surface area contributed by atoms with Crippen LogP contribution >= 0.6 is 35.3 Å². The van der Waals surface area contributed by atoms with Crippen molar-refractivity contribution in [3.05, 3.63) is 27.8 Å². The van der Waals surface area contributed by atoms with Gasteiger partial charge in [-0.3, -0.25) is 4.99 Å². The van der Waals surface area contributed by atoms with Gasteiger partial charge in [-0.15, -0.1) is 35.3 Å². The lowest BCUT2D eigenvalue weighted by Gasteiger charge is -2.10. The summed E-state index contributed by atoms with van der Waals surface area (Å²) in [5.74, 6) is 2.57. The summed E-state index contributed by atoms with van der Waals surface area (Å²) in [6.07, 6.45) is 4.49. The molecule has 0 fully saturated rings. The van der Waals surface area contributed by atoms with Crippen molar-refractivity contribution in [3.8, 4) is 0 Å². The van der Waals surface area contributed by atoms with Gasteiger partial charge in [-0.1, -0.05) is 19.0 Å². The molecule has 0 saturated heterocycles. The first-order valence-corrected chi connectivity index (χ1v) is 9.08. The van der Waals surface area contributed by atoms with E-state index in [1.807, 2.05) is 6.20 Å². The average Bonchev–Trinajstić information content (AvgIpc) is 3.19. The minimum atomic E-state index is 0. The molecular formula is C16H27IN6OS. The number of nitrogens with zero attached hydrogens (tertiary/aromatic N) is 4. The van der Waals surface area contributed by atoms with Crippen LogP contribution in [0.4, 0.5) is 0 Å². The Morgan fingerprint density at radius 3 is 2.64 bits per heavy atom. The van der Waals surface area contributed by atoms with Crippen molar-refractivity contribution >= 4 is 41.3 Å². The maximum Gasteiger partial charge on any atom is 0.226 e. The third-order valence-electron chi connectivity index (χ3n) is 3.38. The van der Waals surface area contributed by atoms with Crippen LogP contribution < -0.4 is 10.6 Å². The Kier molecular flexibility index (Phi) is 9.94. The van der Waals surface area contributed by atoms with Gasteiger partial charge >= 0.3 is 0 Å². The van der Waals surface area contributed by atoms with E-state index < -0.39 is 0 Å². The quantitative estimate of drug-likeness (QED) is 0.263. The van der Waals surface area contributed by atoms with Crippen molar-refractivity contribution < 1.29 is 4.52 Å². The summed E-state index contributed by atoms with van der Waals surface area (Å²) in [6, 6.07) is 0. The number of aliphatic imine (C=N–C) groups is 1. The average molecular weight is 478 g/mol. The molecule has 0 radical (unpaired) electrons. The molecule has 25 heavy (non-hydrogen) atoms. The van der Waals surface area contributed by atoms with E-state index in [2.05, 4.69) is 51.5 Å². The number of hydrogen-bond donors (Lipinski definition) is 2. The Bertz CT molecular complexity index is 655. The molecule has 2 aromatic heterocycles. The molecule has 0 spiro atoms. The third kappa shape index (κ3) is 7.68. The molecule has 9 heteroatoms. The number of thiazole rings is 1. The molecule has 0 bridgehead atoms.